The van der Waals surface area contributed by atoms with Crippen molar-refractivity contribution in [2.75, 3.05) is 5.32 Å². The molecule has 0 spiro atoms. The van der Waals surface area contributed by atoms with Crippen LogP contribution in [0.25, 0.3) is 16.6 Å². The van der Waals surface area contributed by atoms with E-state index in [1.807, 2.05) is 6.07 Å². The van der Waals surface area contributed by atoms with Crippen molar-refractivity contribution in [1.82, 2.24) is 9.55 Å². The first-order valence-corrected chi connectivity index (χ1v) is 9.80. The van der Waals surface area contributed by atoms with Crippen molar-refractivity contribution >= 4 is 22.5 Å². The van der Waals surface area contributed by atoms with Crippen LogP contribution in [0.15, 0.2) is 71.5 Å². The number of anilines is 1. The Hall–Kier alpha value is -4.07. The largest absolute Gasteiger partial charge is 0.434 e. The molecule has 0 fully saturated rings. The Morgan fingerprint density at radius 3 is 2.44 bits per heavy atom. The maximum atomic E-state index is 12.9. The lowest BCUT2D eigenvalue weighted by atomic mass is 10.1. The second-order valence-electron chi connectivity index (χ2n) is 7.12. The van der Waals surface area contributed by atoms with Crippen molar-refractivity contribution in [3.8, 4) is 11.4 Å². The molecule has 1 aromatic heterocycles. The number of para-hydroxylation sites is 1. The highest BCUT2D eigenvalue weighted by Gasteiger charge is 2.14. The maximum Gasteiger partial charge on any atom is 0.387 e. The van der Waals surface area contributed by atoms with Gasteiger partial charge in [-0.2, -0.15) is 8.78 Å². The highest BCUT2D eigenvalue weighted by Crippen LogP contribution is 2.27. The van der Waals surface area contributed by atoms with Crippen LogP contribution in [0.1, 0.15) is 21.7 Å². The first-order valence-electron chi connectivity index (χ1n) is 9.80. The number of carbonyl (C=O) groups is 1. The van der Waals surface area contributed by atoms with Crippen LogP contribution in [0.3, 0.4) is 0 Å². The molecule has 0 atom stereocenters. The molecule has 0 saturated carbocycles. The second-order valence-corrected chi connectivity index (χ2v) is 7.12. The molecule has 162 valence electrons. The highest BCUT2D eigenvalue weighted by atomic mass is 19.3. The minimum Gasteiger partial charge on any atom is -0.434 e. The van der Waals surface area contributed by atoms with Crippen LogP contribution < -0.4 is 15.6 Å². The van der Waals surface area contributed by atoms with Gasteiger partial charge in [-0.25, -0.2) is 4.98 Å². The number of fused-ring (bicyclic) bond motifs is 1. The highest BCUT2D eigenvalue weighted by molar-refractivity contribution is 6.04. The zero-order valence-corrected chi connectivity index (χ0v) is 17.3. The SMILES string of the molecule is Cc1c(NC(=O)c2ccc(-n3c(C)nc4ccccc4c3=O)cc2)cccc1OC(F)F. The summed E-state index contributed by atoms with van der Waals surface area (Å²) in [5.41, 5.74) is 2.09. The van der Waals surface area contributed by atoms with Crippen LogP contribution in [-0.2, 0) is 0 Å². The lowest BCUT2D eigenvalue weighted by Crippen LogP contribution is -2.22. The Kier molecular flexibility index (Phi) is 5.68. The number of nitrogens with one attached hydrogen (secondary N) is 1. The molecule has 32 heavy (non-hydrogen) atoms. The number of hydrogen-bond donors (Lipinski definition) is 1. The van der Waals surface area contributed by atoms with E-state index in [-0.39, 0.29) is 11.3 Å². The molecule has 4 aromatic rings. The Balaban J connectivity index is 1.61. The Morgan fingerprint density at radius 2 is 1.72 bits per heavy atom. The topological polar surface area (TPSA) is 73.2 Å². The molecule has 0 aliphatic carbocycles. The first kappa shape index (κ1) is 21.2. The molecule has 8 heteroatoms. The third-order valence-corrected chi connectivity index (χ3v) is 5.08. The number of alkyl halides is 2. The van der Waals surface area contributed by atoms with Gasteiger partial charge in [0.1, 0.15) is 11.6 Å². The lowest BCUT2D eigenvalue weighted by molar-refractivity contribution is -0.0502. The Morgan fingerprint density at radius 1 is 1.00 bits per heavy atom. The monoisotopic (exact) mass is 435 g/mol. The Bertz CT molecular complexity index is 1370. The summed E-state index contributed by atoms with van der Waals surface area (Å²) in [5.74, 6) is 0.0960. The summed E-state index contributed by atoms with van der Waals surface area (Å²) in [7, 11) is 0. The van der Waals surface area contributed by atoms with Gasteiger partial charge in [0.05, 0.1) is 16.6 Å². The Labute approximate surface area is 182 Å². The van der Waals surface area contributed by atoms with Gasteiger partial charge in [0.15, 0.2) is 0 Å². The number of aromatic nitrogens is 2. The van der Waals surface area contributed by atoms with E-state index >= 15 is 0 Å². The number of hydrogen-bond acceptors (Lipinski definition) is 4. The van der Waals surface area contributed by atoms with Crippen LogP contribution in [0.4, 0.5) is 14.5 Å². The standard InChI is InChI=1S/C24H19F2N3O3/c1-14-19(8-5-9-21(14)32-24(25)26)28-22(30)16-10-12-17(13-11-16)29-15(2)27-20-7-4-3-6-18(20)23(29)31/h3-13,24H,1-2H3,(H,28,30). The van der Waals surface area contributed by atoms with Gasteiger partial charge in [-0.05, 0) is 62.4 Å². The number of aryl methyl sites for hydroxylation is 1. The molecule has 1 amide bonds. The van der Waals surface area contributed by atoms with Crippen molar-refractivity contribution < 1.29 is 18.3 Å². The van der Waals surface area contributed by atoms with Crippen LogP contribution in [-0.4, -0.2) is 22.1 Å². The summed E-state index contributed by atoms with van der Waals surface area (Å²) in [6.07, 6.45) is 0. The fourth-order valence-corrected chi connectivity index (χ4v) is 3.48. The molecule has 0 unspecified atom stereocenters. The van der Waals surface area contributed by atoms with Gasteiger partial charge in [0, 0.05) is 16.8 Å². The van der Waals surface area contributed by atoms with Crippen molar-refractivity contribution in [1.29, 1.82) is 0 Å². The number of halogens is 2. The molecule has 4 rings (SSSR count). The van der Waals surface area contributed by atoms with E-state index in [0.29, 0.717) is 39.2 Å². The predicted molar refractivity (Wildman–Crippen MR) is 118 cm³/mol. The number of ether oxygens (including phenoxy) is 1. The number of rotatable bonds is 5. The molecule has 6 nitrogen and oxygen atoms in total. The second kappa shape index (κ2) is 8.58. The van der Waals surface area contributed by atoms with E-state index in [1.54, 1.807) is 62.4 Å². The summed E-state index contributed by atoms with van der Waals surface area (Å²) in [4.78, 5) is 30.1. The summed E-state index contributed by atoms with van der Waals surface area (Å²) in [5, 5.41) is 3.20. The molecule has 1 heterocycles. The smallest absolute Gasteiger partial charge is 0.387 e. The van der Waals surface area contributed by atoms with E-state index in [9.17, 15) is 18.4 Å². The quantitative estimate of drug-likeness (QED) is 0.486. The van der Waals surface area contributed by atoms with Gasteiger partial charge in [0.25, 0.3) is 11.5 Å². The van der Waals surface area contributed by atoms with E-state index in [1.165, 1.54) is 16.7 Å². The molecule has 0 bridgehead atoms. The van der Waals surface area contributed by atoms with Gasteiger partial charge >= 0.3 is 6.61 Å². The van der Waals surface area contributed by atoms with Crippen LogP contribution in [0, 0.1) is 13.8 Å². The average Bonchev–Trinajstić information content (AvgIpc) is 2.76. The molecule has 3 aromatic carbocycles. The summed E-state index contributed by atoms with van der Waals surface area (Å²) >= 11 is 0. The number of carbonyl (C=O) groups excluding carboxylic acids is 1. The molecular formula is C24H19F2N3O3. The van der Waals surface area contributed by atoms with E-state index in [4.69, 9.17) is 0 Å². The van der Waals surface area contributed by atoms with Crippen LogP contribution >= 0.6 is 0 Å². The third kappa shape index (κ3) is 4.07. The average molecular weight is 435 g/mol. The molecular weight excluding hydrogens is 416 g/mol. The number of amides is 1. The van der Waals surface area contributed by atoms with E-state index < -0.39 is 12.5 Å². The van der Waals surface area contributed by atoms with Gasteiger partial charge in [0.2, 0.25) is 0 Å². The van der Waals surface area contributed by atoms with Crippen LogP contribution in [0.5, 0.6) is 5.75 Å². The number of benzene rings is 3. The van der Waals surface area contributed by atoms with Crippen molar-refractivity contribution in [3.63, 3.8) is 0 Å². The van der Waals surface area contributed by atoms with Gasteiger partial charge in [-0.1, -0.05) is 18.2 Å². The van der Waals surface area contributed by atoms with Gasteiger partial charge < -0.3 is 10.1 Å². The van der Waals surface area contributed by atoms with E-state index in [0.717, 1.165) is 0 Å². The zero-order chi connectivity index (χ0) is 22.8. The van der Waals surface area contributed by atoms with E-state index in [2.05, 4.69) is 15.0 Å². The van der Waals surface area contributed by atoms with Crippen molar-refractivity contribution in [2.24, 2.45) is 0 Å². The molecule has 1 N–H and O–H groups in total. The van der Waals surface area contributed by atoms with Crippen LogP contribution in [0.2, 0.25) is 0 Å². The normalized spacial score (nSPS) is 11.0. The number of nitrogens with zero attached hydrogens (tertiary/aromatic N) is 2. The molecule has 0 saturated heterocycles. The molecule has 0 radical (unpaired) electrons. The summed E-state index contributed by atoms with van der Waals surface area (Å²) < 4.78 is 31.0. The molecule has 0 aliphatic heterocycles. The first-order chi connectivity index (χ1) is 15.3. The van der Waals surface area contributed by atoms with Gasteiger partial charge in [-0.3, -0.25) is 14.2 Å². The maximum absolute atomic E-state index is 12.9. The fourth-order valence-electron chi connectivity index (χ4n) is 3.48. The third-order valence-electron chi connectivity index (χ3n) is 5.08. The lowest BCUT2D eigenvalue weighted by Gasteiger charge is -2.14. The zero-order valence-electron chi connectivity index (χ0n) is 17.3. The minimum absolute atomic E-state index is 0.00759. The van der Waals surface area contributed by atoms with Crippen molar-refractivity contribution in [2.45, 2.75) is 20.5 Å². The van der Waals surface area contributed by atoms with Gasteiger partial charge in [-0.15, -0.1) is 0 Å². The predicted octanol–water partition coefficient (Wildman–Crippen LogP) is 4.86. The summed E-state index contributed by atoms with van der Waals surface area (Å²) in [6, 6.07) is 18.1. The van der Waals surface area contributed by atoms with Crippen molar-refractivity contribution in [3.05, 3.63) is 94.0 Å². The minimum atomic E-state index is -2.95. The fraction of sp³-hybridized carbons (Fsp3) is 0.125. The summed E-state index contributed by atoms with van der Waals surface area (Å²) in [6.45, 7) is 0.369. The molecule has 0 aliphatic rings.